The topological polar surface area (TPSA) is 109 Å². The van der Waals surface area contributed by atoms with E-state index in [1.54, 1.807) is 0 Å². The predicted octanol–water partition coefficient (Wildman–Crippen LogP) is 0.970. The number of nitrogens with two attached hydrogens (primary N) is 1. The quantitative estimate of drug-likeness (QED) is 0.821. The molecule has 1 aromatic rings. The lowest BCUT2D eigenvalue weighted by molar-refractivity contribution is -0.130. The summed E-state index contributed by atoms with van der Waals surface area (Å²) in [6, 6.07) is 1.51. The number of hydrogen-bond acceptors (Lipinski definition) is 4. The van der Waals surface area contributed by atoms with E-state index in [0.29, 0.717) is 18.5 Å². The molecule has 0 spiro atoms. The maximum atomic E-state index is 12.2. The second-order valence-electron chi connectivity index (χ2n) is 5.43. The fourth-order valence-corrected chi connectivity index (χ4v) is 4.01. The monoisotopic (exact) mass is 354 g/mol. The minimum absolute atomic E-state index is 0.0373. The van der Waals surface area contributed by atoms with Crippen molar-refractivity contribution < 1.29 is 26.4 Å². The fourth-order valence-electron chi connectivity index (χ4n) is 2.49. The van der Waals surface area contributed by atoms with Gasteiger partial charge in [-0.2, -0.15) is 18.3 Å². The van der Waals surface area contributed by atoms with E-state index in [2.05, 4.69) is 10.2 Å². The van der Waals surface area contributed by atoms with Gasteiger partial charge in [0, 0.05) is 24.7 Å². The summed E-state index contributed by atoms with van der Waals surface area (Å²) < 4.78 is 61.4. The van der Waals surface area contributed by atoms with Crippen LogP contribution in [-0.2, 0) is 10.0 Å². The van der Waals surface area contributed by atoms with Gasteiger partial charge in [0.25, 0.3) is 5.91 Å². The molecule has 3 N–H and O–H groups in total. The zero-order valence-corrected chi connectivity index (χ0v) is 13.0. The summed E-state index contributed by atoms with van der Waals surface area (Å²) in [5.74, 6) is -1.64. The van der Waals surface area contributed by atoms with Gasteiger partial charge in [0.1, 0.15) is 5.69 Å². The van der Waals surface area contributed by atoms with Crippen LogP contribution in [0.5, 0.6) is 0 Å². The van der Waals surface area contributed by atoms with Crippen molar-refractivity contribution in [3.05, 3.63) is 17.5 Å². The molecule has 130 valence electrons. The van der Waals surface area contributed by atoms with E-state index in [1.807, 2.05) is 0 Å². The lowest BCUT2D eigenvalue weighted by atomic mass is 9.94. The molecule has 23 heavy (non-hydrogen) atoms. The number of hydrogen-bond donors (Lipinski definition) is 2. The summed E-state index contributed by atoms with van der Waals surface area (Å²) >= 11 is 0. The molecule has 1 aromatic heterocycles. The zero-order chi connectivity index (χ0) is 17.3. The first-order valence-corrected chi connectivity index (χ1v) is 8.59. The number of H-pyrrole nitrogens is 1. The van der Waals surface area contributed by atoms with Gasteiger partial charge in [0.2, 0.25) is 10.0 Å². The average molecular weight is 354 g/mol. The molecule has 0 saturated carbocycles. The fraction of sp³-hybridized carbons (Fsp3) is 0.667. The molecular weight excluding hydrogens is 337 g/mol. The van der Waals surface area contributed by atoms with Gasteiger partial charge >= 0.3 is 6.18 Å². The molecule has 1 aliphatic rings. The number of alkyl halides is 3. The van der Waals surface area contributed by atoms with Gasteiger partial charge in [-0.3, -0.25) is 9.89 Å². The van der Waals surface area contributed by atoms with Crippen LogP contribution < -0.4 is 5.73 Å². The van der Waals surface area contributed by atoms with Crippen molar-refractivity contribution in [3.8, 4) is 0 Å². The molecule has 0 bridgehead atoms. The molecule has 11 heteroatoms. The van der Waals surface area contributed by atoms with Crippen LogP contribution in [0.25, 0.3) is 0 Å². The van der Waals surface area contributed by atoms with Gasteiger partial charge in [0.05, 0.1) is 12.2 Å². The lowest BCUT2D eigenvalue weighted by Gasteiger charge is -2.30. The van der Waals surface area contributed by atoms with Gasteiger partial charge in [-0.05, 0) is 18.9 Å². The predicted molar refractivity (Wildman–Crippen MR) is 75.1 cm³/mol. The Kier molecular flexibility index (Phi) is 4.99. The summed E-state index contributed by atoms with van der Waals surface area (Å²) in [7, 11) is -3.92. The number of sulfonamides is 1. The van der Waals surface area contributed by atoms with E-state index in [-0.39, 0.29) is 24.7 Å². The Morgan fingerprint density at radius 1 is 1.39 bits per heavy atom. The first-order chi connectivity index (χ1) is 10.6. The molecule has 2 rings (SSSR count). The highest BCUT2D eigenvalue weighted by Crippen LogP contribution is 2.29. The van der Waals surface area contributed by atoms with Crippen LogP contribution in [-0.4, -0.2) is 53.8 Å². The highest BCUT2D eigenvalue weighted by atomic mass is 32.2. The van der Waals surface area contributed by atoms with Crippen molar-refractivity contribution in [3.63, 3.8) is 0 Å². The van der Waals surface area contributed by atoms with E-state index in [1.165, 1.54) is 6.07 Å². The second kappa shape index (κ2) is 6.48. The molecule has 1 saturated heterocycles. The Bertz CT molecular complexity index is 663. The normalized spacial score (nSPS) is 18.2. The number of aromatic nitrogens is 2. The first kappa shape index (κ1) is 17.7. The number of halogens is 3. The number of aromatic amines is 1. The van der Waals surface area contributed by atoms with Gasteiger partial charge in [-0.1, -0.05) is 0 Å². The molecule has 0 radical (unpaired) electrons. The van der Waals surface area contributed by atoms with Crippen molar-refractivity contribution in [1.82, 2.24) is 14.5 Å². The third kappa shape index (κ3) is 4.67. The number of rotatable bonds is 5. The number of carbonyl (C=O) groups is 1. The van der Waals surface area contributed by atoms with Crippen LogP contribution in [0, 0.1) is 0 Å². The van der Waals surface area contributed by atoms with E-state index < -0.39 is 34.3 Å². The molecular formula is C12H17F3N4O3S. The Labute approximate surface area is 131 Å². The smallest absolute Gasteiger partial charge is 0.364 e. The minimum atomic E-state index is -4.49. The Balaban J connectivity index is 1.93. The minimum Gasteiger partial charge on any atom is -0.364 e. The third-order valence-corrected chi connectivity index (χ3v) is 5.65. The summed E-state index contributed by atoms with van der Waals surface area (Å²) in [6.45, 7) is 0.269. The Morgan fingerprint density at radius 2 is 2.00 bits per heavy atom. The maximum absolute atomic E-state index is 12.2. The molecule has 0 aliphatic carbocycles. The molecule has 7 nitrogen and oxygen atoms in total. The first-order valence-electron chi connectivity index (χ1n) is 6.98. The largest absolute Gasteiger partial charge is 0.390 e. The molecule has 1 fully saturated rings. The summed E-state index contributed by atoms with van der Waals surface area (Å²) in [4.78, 5) is 11.0. The summed E-state index contributed by atoms with van der Waals surface area (Å²) in [5.41, 5.74) is 5.87. The van der Waals surface area contributed by atoms with Crippen molar-refractivity contribution in [2.24, 2.45) is 5.73 Å². The van der Waals surface area contributed by atoms with Crippen LogP contribution in [0.1, 0.15) is 41.4 Å². The third-order valence-electron chi connectivity index (χ3n) is 3.78. The number of amides is 1. The number of primary amides is 1. The molecule has 0 atom stereocenters. The Morgan fingerprint density at radius 3 is 2.48 bits per heavy atom. The zero-order valence-electron chi connectivity index (χ0n) is 12.1. The number of nitrogens with one attached hydrogen (secondary N) is 1. The summed E-state index contributed by atoms with van der Waals surface area (Å²) in [6.07, 6.45) is -4.97. The SMILES string of the molecule is NC(=O)c1cc(C2CCN(S(=O)(=O)CCC(F)(F)F)CC2)[nH]n1. The molecule has 0 aromatic carbocycles. The Hall–Kier alpha value is -1.62. The van der Waals surface area contributed by atoms with Gasteiger partial charge < -0.3 is 5.73 Å². The highest BCUT2D eigenvalue weighted by molar-refractivity contribution is 7.89. The van der Waals surface area contributed by atoms with Gasteiger partial charge in [-0.15, -0.1) is 0 Å². The average Bonchev–Trinajstić information content (AvgIpc) is 2.95. The summed E-state index contributed by atoms with van der Waals surface area (Å²) in [5, 5.41) is 6.45. The molecule has 1 aliphatic heterocycles. The number of carbonyl (C=O) groups excluding carboxylic acids is 1. The number of nitrogens with zero attached hydrogens (tertiary/aromatic N) is 2. The molecule has 1 amide bonds. The van der Waals surface area contributed by atoms with Crippen molar-refractivity contribution in [2.45, 2.75) is 31.4 Å². The van der Waals surface area contributed by atoms with Crippen LogP contribution in [0.4, 0.5) is 13.2 Å². The second-order valence-corrected chi connectivity index (χ2v) is 7.52. The van der Waals surface area contributed by atoms with Crippen LogP contribution in [0.15, 0.2) is 6.07 Å². The standard InChI is InChI=1S/C12H17F3N4O3S/c13-12(14,15)3-6-23(21,22)19-4-1-8(2-5-19)9-7-10(11(16)20)18-17-9/h7-8H,1-6H2,(H2,16,20)(H,17,18). The number of piperidine rings is 1. The highest BCUT2D eigenvalue weighted by Gasteiger charge is 2.34. The van der Waals surface area contributed by atoms with Crippen molar-refractivity contribution >= 4 is 15.9 Å². The lowest BCUT2D eigenvalue weighted by Crippen LogP contribution is -2.40. The van der Waals surface area contributed by atoms with E-state index in [9.17, 15) is 26.4 Å². The van der Waals surface area contributed by atoms with Crippen molar-refractivity contribution in [1.29, 1.82) is 0 Å². The van der Waals surface area contributed by atoms with Crippen LogP contribution >= 0.6 is 0 Å². The van der Waals surface area contributed by atoms with Crippen LogP contribution in [0.3, 0.4) is 0 Å². The molecule has 0 unspecified atom stereocenters. The molecule has 2 heterocycles. The maximum Gasteiger partial charge on any atom is 0.390 e. The van der Waals surface area contributed by atoms with E-state index in [4.69, 9.17) is 5.73 Å². The van der Waals surface area contributed by atoms with Gasteiger partial charge in [0.15, 0.2) is 0 Å². The van der Waals surface area contributed by atoms with Gasteiger partial charge in [-0.25, -0.2) is 12.7 Å². The van der Waals surface area contributed by atoms with E-state index in [0.717, 1.165) is 4.31 Å². The van der Waals surface area contributed by atoms with Crippen LogP contribution in [0.2, 0.25) is 0 Å². The van der Waals surface area contributed by atoms with E-state index >= 15 is 0 Å². The van der Waals surface area contributed by atoms with Crippen molar-refractivity contribution in [2.75, 3.05) is 18.8 Å².